The lowest BCUT2D eigenvalue weighted by Gasteiger charge is -2.39. The predicted octanol–water partition coefficient (Wildman–Crippen LogP) is 10.2. The van der Waals surface area contributed by atoms with Gasteiger partial charge in [0.15, 0.2) is 0 Å². The minimum atomic E-state index is 0.583. The zero-order valence-electron chi connectivity index (χ0n) is 22.5. The van der Waals surface area contributed by atoms with E-state index < -0.39 is 0 Å². The van der Waals surface area contributed by atoms with Crippen molar-refractivity contribution in [3.63, 3.8) is 0 Å². The lowest BCUT2D eigenvalue weighted by atomic mass is 9.66. The largest absolute Gasteiger partial charge is 0.0848 e. The van der Waals surface area contributed by atoms with Gasteiger partial charge in [0.1, 0.15) is 0 Å². The molecule has 0 amide bonds. The van der Waals surface area contributed by atoms with Crippen molar-refractivity contribution in [2.24, 2.45) is 29.6 Å². The highest BCUT2D eigenvalue weighted by atomic mass is 14.4. The van der Waals surface area contributed by atoms with E-state index in [4.69, 9.17) is 0 Å². The predicted molar refractivity (Wildman–Crippen MR) is 142 cm³/mol. The second-order valence-electron chi connectivity index (χ2n) is 10.5. The molecule has 0 spiro atoms. The molecule has 0 radical (unpaired) electrons. The van der Waals surface area contributed by atoms with Crippen LogP contribution >= 0.6 is 0 Å². The quantitative estimate of drug-likeness (QED) is 0.276. The highest BCUT2D eigenvalue weighted by Gasteiger charge is 2.32. The Kier molecular flexibility index (Phi) is 12.5. The zero-order valence-corrected chi connectivity index (χ0v) is 22.5. The second kappa shape index (κ2) is 14.0. The summed E-state index contributed by atoms with van der Waals surface area (Å²) in [5.41, 5.74) is 6.27. The molecule has 0 heteroatoms. The Morgan fingerprint density at radius 3 is 2.00 bits per heavy atom. The molecule has 0 heterocycles. The first kappa shape index (κ1) is 27.7. The average Bonchev–Trinajstić information content (AvgIpc) is 2.78. The van der Waals surface area contributed by atoms with Gasteiger partial charge in [-0.25, -0.2) is 0 Å². The van der Waals surface area contributed by atoms with Gasteiger partial charge in [-0.1, -0.05) is 108 Å². The fourth-order valence-electron chi connectivity index (χ4n) is 5.13. The molecule has 1 aromatic rings. The van der Waals surface area contributed by atoms with Crippen LogP contribution in [0.1, 0.15) is 113 Å². The summed E-state index contributed by atoms with van der Waals surface area (Å²) >= 11 is 0. The Bertz CT molecular complexity index is 673. The van der Waals surface area contributed by atoms with Crippen LogP contribution < -0.4 is 0 Å². The maximum absolute atomic E-state index is 2.58. The molecule has 0 nitrogen and oxygen atoms in total. The van der Waals surface area contributed by atoms with Crippen LogP contribution in [-0.2, 0) is 0 Å². The fraction of sp³-hybridized carbons (Fsp3) is 0.677. The molecule has 0 aliphatic rings. The van der Waals surface area contributed by atoms with Crippen molar-refractivity contribution in [3.8, 4) is 0 Å². The molecule has 31 heavy (non-hydrogen) atoms. The number of unbranched alkanes of at least 4 members (excludes halogenated alkanes) is 1. The van der Waals surface area contributed by atoms with E-state index in [0.717, 1.165) is 0 Å². The van der Waals surface area contributed by atoms with E-state index in [1.807, 2.05) is 0 Å². The van der Waals surface area contributed by atoms with Gasteiger partial charge in [-0.2, -0.15) is 0 Å². The van der Waals surface area contributed by atoms with Gasteiger partial charge in [0.2, 0.25) is 0 Å². The van der Waals surface area contributed by atoms with Crippen LogP contribution in [0.3, 0.4) is 0 Å². The van der Waals surface area contributed by atoms with Crippen LogP contribution in [0.25, 0.3) is 0 Å². The third-order valence-corrected chi connectivity index (χ3v) is 8.34. The Balaban J connectivity index is 3.22. The maximum Gasteiger partial charge on any atom is -0.0162 e. The third-order valence-electron chi connectivity index (χ3n) is 8.34. The smallest absolute Gasteiger partial charge is 0.0162 e. The number of hydrogen-bond donors (Lipinski definition) is 0. The molecule has 1 aromatic carbocycles. The second-order valence-corrected chi connectivity index (χ2v) is 10.5. The molecule has 0 N–H and O–H groups in total. The molecular weight excluding hydrogens is 372 g/mol. The molecule has 6 atom stereocenters. The highest BCUT2D eigenvalue weighted by molar-refractivity contribution is 5.20. The first-order chi connectivity index (χ1) is 14.6. The monoisotopic (exact) mass is 424 g/mol. The van der Waals surface area contributed by atoms with Gasteiger partial charge in [0.05, 0.1) is 0 Å². The third kappa shape index (κ3) is 8.28. The van der Waals surface area contributed by atoms with Crippen molar-refractivity contribution in [2.75, 3.05) is 0 Å². The highest BCUT2D eigenvalue weighted by Crippen LogP contribution is 2.42. The zero-order chi connectivity index (χ0) is 23.6. The SMILES string of the molecule is CCCC=C(C(C)CC)C(C)C(C)C(CCC(C)=C(C)C)C(C)C(C)c1ccccc1. The Morgan fingerprint density at radius 1 is 0.871 bits per heavy atom. The number of rotatable bonds is 13. The Morgan fingerprint density at radius 2 is 1.48 bits per heavy atom. The molecule has 0 fully saturated rings. The minimum Gasteiger partial charge on any atom is -0.0848 e. The molecule has 0 saturated carbocycles. The maximum atomic E-state index is 2.58. The summed E-state index contributed by atoms with van der Waals surface area (Å²) in [7, 11) is 0. The first-order valence-corrected chi connectivity index (χ1v) is 13.0. The van der Waals surface area contributed by atoms with Gasteiger partial charge in [0.25, 0.3) is 0 Å². The number of allylic oxidation sites excluding steroid dienone is 4. The summed E-state index contributed by atoms with van der Waals surface area (Å²) in [5.74, 6) is 3.97. The molecule has 0 bridgehead atoms. The van der Waals surface area contributed by atoms with Crippen LogP contribution in [-0.4, -0.2) is 0 Å². The van der Waals surface area contributed by atoms with Crippen LogP contribution in [0.4, 0.5) is 0 Å². The lowest BCUT2D eigenvalue weighted by Crippen LogP contribution is -2.30. The van der Waals surface area contributed by atoms with E-state index >= 15 is 0 Å². The fourth-order valence-corrected chi connectivity index (χ4v) is 5.13. The van der Waals surface area contributed by atoms with E-state index in [0.29, 0.717) is 35.5 Å². The minimum absolute atomic E-state index is 0.583. The van der Waals surface area contributed by atoms with E-state index in [9.17, 15) is 0 Å². The van der Waals surface area contributed by atoms with Crippen molar-refractivity contribution in [1.29, 1.82) is 0 Å². The van der Waals surface area contributed by atoms with E-state index in [2.05, 4.69) is 106 Å². The summed E-state index contributed by atoms with van der Waals surface area (Å²) < 4.78 is 0. The van der Waals surface area contributed by atoms with Gasteiger partial charge in [0, 0.05) is 0 Å². The number of benzene rings is 1. The normalized spacial score (nSPS) is 18.1. The van der Waals surface area contributed by atoms with Gasteiger partial charge >= 0.3 is 0 Å². The summed E-state index contributed by atoms with van der Waals surface area (Å²) in [6.07, 6.45) is 8.80. The molecule has 1 rings (SSSR count). The summed E-state index contributed by atoms with van der Waals surface area (Å²) in [5, 5.41) is 0. The molecule has 0 aliphatic heterocycles. The molecule has 0 saturated heterocycles. The first-order valence-electron chi connectivity index (χ1n) is 13.0. The van der Waals surface area contributed by atoms with Crippen LogP contribution in [0.5, 0.6) is 0 Å². The van der Waals surface area contributed by atoms with Gasteiger partial charge in [-0.15, -0.1) is 0 Å². The molecule has 0 aromatic heterocycles. The average molecular weight is 425 g/mol. The van der Waals surface area contributed by atoms with Crippen molar-refractivity contribution < 1.29 is 0 Å². The summed E-state index contributed by atoms with van der Waals surface area (Å²) in [6, 6.07) is 11.2. The molecule has 0 aliphatic carbocycles. The van der Waals surface area contributed by atoms with Crippen molar-refractivity contribution in [3.05, 3.63) is 58.7 Å². The molecule has 6 unspecified atom stereocenters. The van der Waals surface area contributed by atoms with Crippen molar-refractivity contribution >= 4 is 0 Å². The Hall–Kier alpha value is -1.30. The standard InChI is InChI=1S/C31H52/c1-11-13-19-30(23(5)12-2)27(9)28(10)31(21-20-24(6)22(3)4)26(8)25(7)29-17-15-14-16-18-29/h14-19,23,25-28,31H,11-13,20-21H2,1-10H3. The van der Waals surface area contributed by atoms with E-state index in [-0.39, 0.29) is 0 Å². The topological polar surface area (TPSA) is 0 Å². The Labute approximate surface area is 195 Å². The van der Waals surface area contributed by atoms with Crippen LogP contribution in [0.2, 0.25) is 0 Å². The van der Waals surface area contributed by atoms with Crippen molar-refractivity contribution in [2.45, 2.75) is 107 Å². The summed E-state index contributed by atoms with van der Waals surface area (Å²) in [4.78, 5) is 0. The van der Waals surface area contributed by atoms with Crippen LogP contribution in [0, 0.1) is 29.6 Å². The van der Waals surface area contributed by atoms with Gasteiger partial charge in [-0.3, -0.25) is 0 Å². The van der Waals surface area contributed by atoms with Crippen LogP contribution in [0.15, 0.2) is 53.1 Å². The number of hydrogen-bond acceptors (Lipinski definition) is 0. The van der Waals surface area contributed by atoms with Crippen molar-refractivity contribution in [1.82, 2.24) is 0 Å². The molecule has 176 valence electrons. The van der Waals surface area contributed by atoms with E-state index in [1.54, 1.807) is 11.1 Å². The van der Waals surface area contributed by atoms with E-state index in [1.165, 1.54) is 43.2 Å². The van der Waals surface area contributed by atoms with Gasteiger partial charge in [-0.05, 0) is 87.5 Å². The summed E-state index contributed by atoms with van der Waals surface area (Å²) in [6.45, 7) is 24.0. The molecular formula is C31H52. The lowest BCUT2D eigenvalue weighted by molar-refractivity contribution is 0.174. The van der Waals surface area contributed by atoms with Gasteiger partial charge < -0.3 is 0 Å².